The van der Waals surface area contributed by atoms with Crippen LogP contribution in [-0.2, 0) is 35.1 Å². The summed E-state index contributed by atoms with van der Waals surface area (Å²) in [5.74, 6) is -4.25. The number of halogens is 6. The van der Waals surface area contributed by atoms with Crippen LogP contribution in [0.5, 0.6) is 0 Å². The lowest BCUT2D eigenvalue weighted by atomic mass is 9.82. The van der Waals surface area contributed by atoms with Gasteiger partial charge in [-0.2, -0.15) is 34.8 Å². The Bertz CT molecular complexity index is 1710. The maximum Gasteiger partial charge on any atom is 0.534 e. The molecule has 1 saturated carbocycles. The molecule has 1 saturated heterocycles. The van der Waals surface area contributed by atoms with E-state index in [0.717, 1.165) is 18.2 Å². The fourth-order valence-corrected chi connectivity index (χ4v) is 7.74. The van der Waals surface area contributed by atoms with Crippen LogP contribution in [0, 0.1) is 11.8 Å². The van der Waals surface area contributed by atoms with Gasteiger partial charge in [0.25, 0.3) is 0 Å². The molecule has 10 nitrogen and oxygen atoms in total. The van der Waals surface area contributed by atoms with Gasteiger partial charge >= 0.3 is 21.8 Å². The van der Waals surface area contributed by atoms with Gasteiger partial charge in [0.2, 0.25) is 5.91 Å². The Labute approximate surface area is 254 Å². The Morgan fingerprint density at radius 3 is 2.31 bits per heavy atom. The van der Waals surface area contributed by atoms with Gasteiger partial charge in [0, 0.05) is 29.1 Å². The van der Waals surface area contributed by atoms with Crippen molar-refractivity contribution in [3.63, 3.8) is 0 Å². The number of amides is 1. The number of nitrogens with zero attached hydrogens (tertiary/aromatic N) is 4. The number of rotatable bonds is 9. The molecule has 2 aliphatic rings. The van der Waals surface area contributed by atoms with Gasteiger partial charge in [-0.1, -0.05) is 35.4 Å². The summed E-state index contributed by atoms with van der Waals surface area (Å²) in [6, 6.07) is 9.05. The van der Waals surface area contributed by atoms with Crippen molar-refractivity contribution in [2.75, 3.05) is 12.3 Å². The van der Waals surface area contributed by atoms with Crippen molar-refractivity contribution in [1.29, 1.82) is 0 Å². The van der Waals surface area contributed by atoms with Gasteiger partial charge in [-0.05, 0) is 67.5 Å². The number of carbonyl (C=O) groups excluding carboxylic acids is 1. The number of carbonyl (C=O) groups is 1. The van der Waals surface area contributed by atoms with E-state index in [2.05, 4.69) is 14.2 Å². The van der Waals surface area contributed by atoms with Crippen LogP contribution in [0.1, 0.15) is 36.8 Å². The largest absolute Gasteiger partial charge is 0.534 e. The van der Waals surface area contributed by atoms with Crippen molar-refractivity contribution >= 4 is 31.6 Å². The molecule has 1 aliphatic carbocycles. The molecule has 0 N–H and O–H groups in total. The van der Waals surface area contributed by atoms with E-state index in [1.807, 2.05) is 0 Å². The number of sulfone groups is 1. The van der Waals surface area contributed by atoms with Crippen LogP contribution in [0.25, 0.3) is 16.2 Å². The molecule has 2 aromatic rings. The van der Waals surface area contributed by atoms with Gasteiger partial charge in [-0.3, -0.25) is 4.79 Å². The molecule has 244 valence electrons. The third-order valence-corrected chi connectivity index (χ3v) is 10.5. The fourth-order valence-electron chi connectivity index (χ4n) is 5.57. The van der Waals surface area contributed by atoms with E-state index in [1.54, 1.807) is 6.07 Å². The molecule has 0 radical (unpaired) electrons. The first kappa shape index (κ1) is 34.1. The number of benzene rings is 2. The van der Waals surface area contributed by atoms with Crippen molar-refractivity contribution in [1.82, 2.24) is 4.90 Å². The molecule has 4 atom stereocenters. The average Bonchev–Trinajstić information content (AvgIpc) is 3.31. The Kier molecular flexibility index (Phi) is 9.80. The van der Waals surface area contributed by atoms with Gasteiger partial charge in [0.15, 0.2) is 9.84 Å². The van der Waals surface area contributed by atoms with E-state index in [0.29, 0.717) is 18.6 Å². The van der Waals surface area contributed by atoms with Gasteiger partial charge in [0.1, 0.15) is 5.76 Å². The zero-order chi connectivity index (χ0) is 33.2. The summed E-state index contributed by atoms with van der Waals surface area (Å²) in [7, 11) is -10.2. The maximum absolute atomic E-state index is 13.6. The normalized spacial score (nSPS) is 23.5. The highest BCUT2D eigenvalue weighted by atomic mass is 32.2. The Morgan fingerprint density at radius 1 is 1.00 bits per heavy atom. The van der Waals surface area contributed by atoms with Crippen molar-refractivity contribution < 1.29 is 52.2 Å². The van der Waals surface area contributed by atoms with Crippen LogP contribution in [0.2, 0.25) is 0 Å². The predicted molar refractivity (Wildman–Crippen MR) is 148 cm³/mol. The molecule has 1 heterocycles. The van der Waals surface area contributed by atoms with Crippen LogP contribution in [0.15, 0.2) is 70.7 Å². The zero-order valence-electron chi connectivity index (χ0n) is 23.1. The summed E-state index contributed by atoms with van der Waals surface area (Å²) in [5, 5.41) is 3.71. The van der Waals surface area contributed by atoms with Crippen LogP contribution < -0.4 is 0 Å². The summed E-state index contributed by atoms with van der Waals surface area (Å²) in [5.41, 5.74) is 1.05. The molecule has 0 spiro atoms. The Balaban J connectivity index is 1.67. The molecule has 2 fully saturated rings. The topological polar surface area (TPSA) is 147 Å². The lowest BCUT2D eigenvalue weighted by molar-refractivity contribution is -0.137. The van der Waals surface area contributed by atoms with E-state index >= 15 is 0 Å². The smallest absolute Gasteiger partial charge is 0.376 e. The summed E-state index contributed by atoms with van der Waals surface area (Å²) in [6.07, 6.45) is -3.61. The lowest BCUT2D eigenvalue weighted by Crippen LogP contribution is -2.48. The predicted octanol–water partition coefficient (Wildman–Crippen LogP) is 6.08. The molecule has 0 aromatic heterocycles. The second-order valence-corrected chi connectivity index (χ2v) is 14.2. The summed E-state index contributed by atoms with van der Waals surface area (Å²) < 4.78 is 134. The van der Waals surface area contributed by atoms with Crippen LogP contribution >= 0.6 is 0 Å². The summed E-state index contributed by atoms with van der Waals surface area (Å²) >= 11 is 0. The number of hydrogen-bond donors (Lipinski definition) is 0. The standard InChI is InChI=1S/C27H26F6N4O6S2/c28-26(29,30)20-6-4-5-17(13-20)24(43-45(41,42)27(31,32)33)15-18-11-12-37(25(18)38)23-10-9-21(35-36-34)14-19(23)16-44(39,40)22-7-2-1-3-8-22/h1-8,13,15,18-19,21,23H,9-12,14,16H2/t18?,19-,21+,23+/m1/s1. The molecular weight excluding hydrogens is 654 g/mol. The molecular formula is C27H26F6N4O6S2. The lowest BCUT2D eigenvalue weighted by Gasteiger charge is -2.40. The van der Waals surface area contributed by atoms with E-state index in [9.17, 15) is 48.0 Å². The van der Waals surface area contributed by atoms with Crippen molar-refractivity contribution in [2.45, 2.75) is 54.3 Å². The first-order valence-corrected chi connectivity index (χ1v) is 16.5. The van der Waals surface area contributed by atoms with Crippen LogP contribution in [-0.4, -0.2) is 57.5 Å². The van der Waals surface area contributed by atoms with E-state index in [4.69, 9.17) is 5.53 Å². The van der Waals surface area contributed by atoms with Gasteiger partial charge in [0.05, 0.1) is 22.1 Å². The number of hydrogen-bond acceptors (Lipinski definition) is 7. The Morgan fingerprint density at radius 2 is 1.69 bits per heavy atom. The van der Waals surface area contributed by atoms with E-state index in [1.165, 1.54) is 29.2 Å². The monoisotopic (exact) mass is 680 g/mol. The number of azide groups is 1. The highest BCUT2D eigenvalue weighted by Crippen LogP contribution is 2.39. The highest BCUT2D eigenvalue weighted by Gasteiger charge is 2.49. The second-order valence-electron chi connectivity index (χ2n) is 10.6. The molecule has 18 heteroatoms. The average molecular weight is 681 g/mol. The van der Waals surface area contributed by atoms with Crippen molar-refractivity contribution in [3.8, 4) is 0 Å². The first-order valence-electron chi connectivity index (χ1n) is 13.5. The summed E-state index contributed by atoms with van der Waals surface area (Å²) in [4.78, 5) is 17.8. The van der Waals surface area contributed by atoms with E-state index in [-0.39, 0.29) is 30.7 Å². The second kappa shape index (κ2) is 12.9. The molecule has 0 bridgehead atoms. The SMILES string of the molecule is [N-]=[N+]=N[C@H]1CC[C@H](N2CCC(C=C(OS(=O)(=O)C(F)(F)F)c3cccc(C(F)(F)F)c3)C2=O)[C@@H](CS(=O)(=O)c2ccccc2)C1. The first-order chi connectivity index (χ1) is 20.9. The fraction of sp³-hybridized carbons (Fsp3) is 0.444. The van der Waals surface area contributed by atoms with Gasteiger partial charge < -0.3 is 9.08 Å². The quantitative estimate of drug-likeness (QED) is 0.0597. The molecule has 1 amide bonds. The number of alkyl halides is 6. The molecule has 1 unspecified atom stereocenters. The molecule has 1 aliphatic heterocycles. The molecule has 4 rings (SSSR count). The number of likely N-dealkylation sites (tertiary alicyclic amines) is 1. The minimum absolute atomic E-state index is 0.0133. The van der Waals surface area contributed by atoms with Gasteiger partial charge in [-0.15, -0.1) is 0 Å². The van der Waals surface area contributed by atoms with Crippen molar-refractivity contribution in [2.24, 2.45) is 17.0 Å². The third kappa shape index (κ3) is 7.91. The van der Waals surface area contributed by atoms with Crippen molar-refractivity contribution in [3.05, 3.63) is 82.2 Å². The van der Waals surface area contributed by atoms with Gasteiger partial charge in [-0.25, -0.2) is 8.42 Å². The highest BCUT2D eigenvalue weighted by molar-refractivity contribution is 7.91. The van der Waals surface area contributed by atoms with Crippen LogP contribution in [0.4, 0.5) is 26.3 Å². The minimum Gasteiger partial charge on any atom is -0.376 e. The zero-order valence-corrected chi connectivity index (χ0v) is 24.8. The molecule has 45 heavy (non-hydrogen) atoms. The molecule has 2 aromatic carbocycles. The minimum atomic E-state index is -6.33. The van der Waals surface area contributed by atoms with Crippen LogP contribution in [0.3, 0.4) is 0 Å². The maximum atomic E-state index is 13.6. The van der Waals surface area contributed by atoms with E-state index < -0.39 is 84.1 Å². The Hall–Kier alpha value is -3.76. The third-order valence-electron chi connectivity index (χ3n) is 7.66. The summed E-state index contributed by atoms with van der Waals surface area (Å²) in [6.45, 7) is -0.0133.